The van der Waals surface area contributed by atoms with E-state index in [1.165, 1.54) is 39.1 Å². The molecule has 0 saturated carbocycles. The van der Waals surface area contributed by atoms with E-state index in [-0.39, 0.29) is 5.91 Å². The van der Waals surface area contributed by atoms with Crippen molar-refractivity contribution in [2.24, 2.45) is 5.73 Å². The molecule has 0 fully saturated rings. The Morgan fingerprint density at radius 1 is 1.25 bits per heavy atom. The van der Waals surface area contributed by atoms with Gasteiger partial charge in [0.05, 0.1) is 11.3 Å². The van der Waals surface area contributed by atoms with E-state index >= 15 is 0 Å². The van der Waals surface area contributed by atoms with Gasteiger partial charge in [-0.05, 0) is 61.9 Å². The Kier molecular flexibility index (Phi) is 4.96. The Morgan fingerprint density at radius 2 is 2.04 bits per heavy atom. The smallest absolute Gasteiger partial charge is 0.251 e. The van der Waals surface area contributed by atoms with Crippen LogP contribution in [-0.4, -0.2) is 17.6 Å². The lowest BCUT2D eigenvalue weighted by Crippen LogP contribution is -2.18. The van der Waals surface area contributed by atoms with Crippen LogP contribution in [0.5, 0.6) is 0 Å². The maximum atomic E-state index is 12.3. The lowest BCUT2D eigenvalue weighted by Gasteiger charge is -2.07. The lowest BCUT2D eigenvalue weighted by molar-refractivity contribution is -0.113. The van der Waals surface area contributed by atoms with E-state index in [9.17, 15) is 9.59 Å². The average Bonchev–Trinajstić information content (AvgIpc) is 3.08. The second-order valence-corrected chi connectivity index (χ2v) is 8.16. The van der Waals surface area contributed by atoms with Gasteiger partial charge in [-0.15, -0.1) is 23.1 Å². The fourth-order valence-corrected chi connectivity index (χ4v) is 4.97. The topological polar surface area (TPSA) is 72.2 Å². The molecule has 2 aromatic rings. The third kappa shape index (κ3) is 3.49. The maximum Gasteiger partial charge on any atom is 0.251 e. The molecule has 3 rings (SSSR count). The fourth-order valence-electron chi connectivity index (χ4n) is 2.87. The van der Waals surface area contributed by atoms with Crippen LogP contribution in [0.3, 0.4) is 0 Å². The number of anilines is 1. The molecule has 3 N–H and O–H groups in total. The van der Waals surface area contributed by atoms with Gasteiger partial charge in [-0.1, -0.05) is 6.07 Å². The molecule has 1 heterocycles. The highest BCUT2D eigenvalue weighted by molar-refractivity contribution is 8.00. The quantitative estimate of drug-likeness (QED) is 0.799. The molecule has 1 aliphatic carbocycles. The fraction of sp³-hybridized carbons (Fsp3) is 0.333. The van der Waals surface area contributed by atoms with Gasteiger partial charge in [-0.3, -0.25) is 9.59 Å². The number of hydrogen-bond donors (Lipinski definition) is 2. The summed E-state index contributed by atoms with van der Waals surface area (Å²) in [6, 6.07) is 6.17. The van der Waals surface area contributed by atoms with E-state index < -0.39 is 5.91 Å². The summed E-state index contributed by atoms with van der Waals surface area (Å²) in [7, 11) is 0. The molecule has 126 valence electrons. The van der Waals surface area contributed by atoms with Crippen LogP contribution in [0.2, 0.25) is 0 Å². The molecule has 24 heavy (non-hydrogen) atoms. The second kappa shape index (κ2) is 6.99. The Labute approximate surface area is 149 Å². The van der Waals surface area contributed by atoms with Crippen LogP contribution < -0.4 is 11.1 Å². The number of aryl methyl sites for hydroxylation is 3. The highest BCUT2D eigenvalue weighted by Gasteiger charge is 2.26. The van der Waals surface area contributed by atoms with Crippen LogP contribution in [0.4, 0.5) is 5.00 Å². The zero-order valence-electron chi connectivity index (χ0n) is 13.8. The molecule has 0 bridgehead atoms. The number of fused-ring (bicyclic) bond motifs is 1. The van der Waals surface area contributed by atoms with Gasteiger partial charge in [0.1, 0.15) is 5.00 Å². The van der Waals surface area contributed by atoms with E-state index in [0.29, 0.717) is 16.3 Å². The highest BCUT2D eigenvalue weighted by atomic mass is 32.2. The number of hydrogen-bond acceptors (Lipinski definition) is 4. The average molecular weight is 361 g/mol. The zero-order valence-corrected chi connectivity index (χ0v) is 15.4. The molecule has 1 aromatic heterocycles. The van der Waals surface area contributed by atoms with Gasteiger partial charge < -0.3 is 11.1 Å². The van der Waals surface area contributed by atoms with E-state index in [4.69, 9.17) is 5.73 Å². The molecule has 1 aromatic carbocycles. The minimum atomic E-state index is -0.452. The number of thiophene rings is 1. The summed E-state index contributed by atoms with van der Waals surface area (Å²) in [5.74, 6) is -0.254. The van der Waals surface area contributed by atoms with Gasteiger partial charge in [0.2, 0.25) is 5.91 Å². The summed E-state index contributed by atoms with van der Waals surface area (Å²) in [5.41, 5.74) is 9.51. The number of nitrogens with two attached hydrogens (primary N) is 1. The highest BCUT2D eigenvalue weighted by Crippen LogP contribution is 2.38. The molecule has 0 unspecified atom stereocenters. The minimum Gasteiger partial charge on any atom is -0.365 e. The van der Waals surface area contributed by atoms with Crippen LogP contribution in [0.15, 0.2) is 23.1 Å². The molecule has 6 heteroatoms. The largest absolute Gasteiger partial charge is 0.365 e. The number of primary amides is 1. The molecule has 0 saturated heterocycles. The maximum absolute atomic E-state index is 12.3. The SMILES string of the molecule is Cc1ccc(SCC(=O)Nc2sc3c(c2C(N)=O)CCC3)cc1C. The van der Waals surface area contributed by atoms with Crippen molar-refractivity contribution in [1.82, 2.24) is 0 Å². The number of carbonyl (C=O) groups is 2. The first kappa shape index (κ1) is 17.0. The molecule has 2 amide bonds. The van der Waals surface area contributed by atoms with Crippen molar-refractivity contribution < 1.29 is 9.59 Å². The monoisotopic (exact) mass is 360 g/mol. The van der Waals surface area contributed by atoms with Crippen LogP contribution >= 0.6 is 23.1 Å². The third-order valence-corrected chi connectivity index (χ3v) is 6.47. The van der Waals surface area contributed by atoms with Gasteiger partial charge in [0, 0.05) is 9.77 Å². The lowest BCUT2D eigenvalue weighted by atomic mass is 10.1. The second-order valence-electron chi connectivity index (χ2n) is 6.01. The van der Waals surface area contributed by atoms with Crippen molar-refractivity contribution in [2.75, 3.05) is 11.1 Å². The summed E-state index contributed by atoms with van der Waals surface area (Å²) in [6.07, 6.45) is 2.89. The summed E-state index contributed by atoms with van der Waals surface area (Å²) in [4.78, 5) is 26.3. The number of carbonyl (C=O) groups excluding carboxylic acids is 2. The molecule has 4 nitrogen and oxygen atoms in total. The van der Waals surface area contributed by atoms with Crippen molar-refractivity contribution in [2.45, 2.75) is 38.0 Å². The van der Waals surface area contributed by atoms with Crippen molar-refractivity contribution in [1.29, 1.82) is 0 Å². The first-order valence-electron chi connectivity index (χ1n) is 7.90. The Hall–Kier alpha value is -1.79. The van der Waals surface area contributed by atoms with Gasteiger partial charge in [0.15, 0.2) is 0 Å². The number of thioether (sulfide) groups is 1. The first-order chi connectivity index (χ1) is 11.5. The van der Waals surface area contributed by atoms with Crippen molar-refractivity contribution in [3.63, 3.8) is 0 Å². The van der Waals surface area contributed by atoms with Crippen LogP contribution in [0.25, 0.3) is 0 Å². The normalized spacial score (nSPS) is 12.9. The summed E-state index contributed by atoms with van der Waals surface area (Å²) in [6.45, 7) is 4.13. The van der Waals surface area contributed by atoms with E-state index in [2.05, 4.69) is 31.3 Å². The molecule has 0 aliphatic heterocycles. The molecule has 1 aliphatic rings. The van der Waals surface area contributed by atoms with E-state index in [1.54, 1.807) is 0 Å². The first-order valence-corrected chi connectivity index (χ1v) is 9.70. The summed E-state index contributed by atoms with van der Waals surface area (Å²) < 4.78 is 0. The van der Waals surface area contributed by atoms with Crippen molar-refractivity contribution >= 4 is 39.9 Å². The minimum absolute atomic E-state index is 0.111. The molecule has 0 radical (unpaired) electrons. The van der Waals surface area contributed by atoms with Crippen molar-refractivity contribution in [3.8, 4) is 0 Å². The van der Waals surface area contributed by atoms with Gasteiger partial charge in [0.25, 0.3) is 5.91 Å². The number of rotatable bonds is 5. The van der Waals surface area contributed by atoms with Crippen molar-refractivity contribution in [3.05, 3.63) is 45.3 Å². The zero-order chi connectivity index (χ0) is 17.3. The van der Waals surface area contributed by atoms with E-state index in [0.717, 1.165) is 29.7 Å². The summed E-state index contributed by atoms with van der Waals surface area (Å²) in [5, 5.41) is 3.48. The predicted octanol–water partition coefficient (Wildman–Crippen LogP) is 3.68. The van der Waals surface area contributed by atoms with Crippen LogP contribution in [-0.2, 0) is 17.6 Å². The third-order valence-electron chi connectivity index (χ3n) is 4.27. The number of benzene rings is 1. The number of nitrogens with one attached hydrogen (secondary N) is 1. The van der Waals surface area contributed by atoms with Crippen LogP contribution in [0.1, 0.15) is 38.3 Å². The van der Waals surface area contributed by atoms with Gasteiger partial charge in [-0.25, -0.2) is 0 Å². The van der Waals surface area contributed by atoms with Crippen LogP contribution in [0, 0.1) is 13.8 Å². The predicted molar refractivity (Wildman–Crippen MR) is 100 cm³/mol. The summed E-state index contributed by atoms with van der Waals surface area (Å²) >= 11 is 2.98. The molecule has 0 spiro atoms. The Bertz CT molecular complexity index is 812. The Balaban J connectivity index is 1.67. The van der Waals surface area contributed by atoms with Gasteiger partial charge in [-0.2, -0.15) is 0 Å². The van der Waals surface area contributed by atoms with Gasteiger partial charge >= 0.3 is 0 Å². The Morgan fingerprint density at radius 3 is 2.75 bits per heavy atom. The standard InChI is InChI=1S/C18H20N2O2S2/c1-10-6-7-12(8-11(10)2)23-9-15(21)20-18-16(17(19)22)13-4-3-5-14(13)24-18/h6-8H,3-5,9H2,1-2H3,(H2,19,22)(H,20,21). The number of amides is 2. The molecular weight excluding hydrogens is 340 g/mol. The van der Waals surface area contributed by atoms with E-state index in [1.807, 2.05) is 6.07 Å². The molecular formula is C18H20N2O2S2. The molecule has 0 atom stereocenters.